The summed E-state index contributed by atoms with van der Waals surface area (Å²) in [6.07, 6.45) is -1.21. The Labute approximate surface area is 101 Å². The fraction of sp³-hybridized carbons (Fsp3) is 0.286. The molecule has 0 N–H and O–H groups in total. The van der Waals surface area contributed by atoms with Crippen LogP contribution in [0.1, 0.15) is 17.7 Å². The molecule has 1 rings (SSSR count). The third kappa shape index (κ3) is 2.50. The molecule has 0 atom stereocenters. The average Bonchev–Trinajstić information content (AvgIpc) is 2.09. The van der Waals surface area contributed by atoms with Gasteiger partial charge in [0.15, 0.2) is 0 Å². The van der Waals surface area contributed by atoms with E-state index in [1.807, 2.05) is 0 Å². The average molecular weight is 382 g/mol. The van der Waals surface area contributed by atoms with Crippen LogP contribution in [0.15, 0.2) is 6.20 Å². The summed E-state index contributed by atoms with van der Waals surface area (Å²) in [7, 11) is 0. The molecule has 0 saturated carbocycles. The highest BCUT2D eigenvalue weighted by molar-refractivity contribution is 14.1. The van der Waals surface area contributed by atoms with Crippen LogP contribution in [0.5, 0.6) is 0 Å². The summed E-state index contributed by atoms with van der Waals surface area (Å²) in [5.74, 6) is 0. The van der Waals surface area contributed by atoms with Crippen LogP contribution in [-0.4, -0.2) is 4.98 Å². The van der Waals surface area contributed by atoms with E-state index >= 15 is 0 Å². The second-order valence-corrected chi connectivity index (χ2v) is 4.25. The molecule has 72 valence electrons. The Morgan fingerprint density at radius 1 is 1.62 bits per heavy atom. The molecule has 0 aliphatic heterocycles. The van der Waals surface area contributed by atoms with Gasteiger partial charge in [-0.1, -0.05) is 27.5 Å². The second kappa shape index (κ2) is 4.84. The zero-order valence-corrected chi connectivity index (χ0v) is 10.7. The Morgan fingerprint density at radius 2 is 2.23 bits per heavy atom. The Kier molecular flexibility index (Phi) is 4.31. The first-order valence-corrected chi connectivity index (χ1v) is 5.82. The van der Waals surface area contributed by atoms with Gasteiger partial charge in [-0.2, -0.15) is 0 Å². The molecule has 1 nitrogen and oxygen atoms in total. The SMILES string of the molecule is FC(F)c1ncc(CBr)c(Cl)c1I. The van der Waals surface area contributed by atoms with Crippen LogP contribution in [0.25, 0.3) is 0 Å². The zero-order chi connectivity index (χ0) is 10.0. The van der Waals surface area contributed by atoms with E-state index in [-0.39, 0.29) is 5.69 Å². The van der Waals surface area contributed by atoms with Gasteiger partial charge in [0.1, 0.15) is 5.69 Å². The molecular formula is C7H4BrClF2IN. The van der Waals surface area contributed by atoms with Crippen molar-refractivity contribution < 1.29 is 8.78 Å². The van der Waals surface area contributed by atoms with Crippen molar-refractivity contribution in [3.63, 3.8) is 0 Å². The monoisotopic (exact) mass is 381 g/mol. The quantitative estimate of drug-likeness (QED) is 0.553. The minimum absolute atomic E-state index is 0.254. The van der Waals surface area contributed by atoms with E-state index in [9.17, 15) is 8.78 Å². The van der Waals surface area contributed by atoms with Crippen LogP contribution >= 0.6 is 50.1 Å². The first kappa shape index (κ1) is 11.6. The molecule has 0 aromatic carbocycles. The fourth-order valence-corrected chi connectivity index (χ4v) is 2.28. The molecule has 0 aliphatic carbocycles. The fourth-order valence-electron chi connectivity index (χ4n) is 0.760. The number of halogens is 5. The zero-order valence-electron chi connectivity index (χ0n) is 6.20. The van der Waals surface area contributed by atoms with Crippen molar-refractivity contribution in [1.29, 1.82) is 0 Å². The van der Waals surface area contributed by atoms with Crippen LogP contribution < -0.4 is 0 Å². The molecule has 1 aromatic rings. The maximum Gasteiger partial charge on any atom is 0.281 e. The van der Waals surface area contributed by atoms with Crippen LogP contribution in [0, 0.1) is 3.57 Å². The maximum atomic E-state index is 12.3. The van der Waals surface area contributed by atoms with E-state index in [2.05, 4.69) is 20.9 Å². The highest BCUT2D eigenvalue weighted by atomic mass is 127. The van der Waals surface area contributed by atoms with E-state index in [0.29, 0.717) is 13.9 Å². The Bertz CT molecular complexity index is 322. The molecule has 0 amide bonds. The van der Waals surface area contributed by atoms with Crippen molar-refractivity contribution in [2.24, 2.45) is 0 Å². The lowest BCUT2D eigenvalue weighted by Gasteiger charge is -2.06. The van der Waals surface area contributed by atoms with Gasteiger partial charge in [0, 0.05) is 17.1 Å². The number of hydrogen-bond donors (Lipinski definition) is 0. The predicted octanol–water partition coefficient (Wildman–Crippen LogP) is 4.17. The standard InChI is InChI=1S/C7H4BrClF2IN/c8-1-3-2-13-6(7(10)11)5(12)4(3)9/h2,7H,1H2. The van der Waals surface area contributed by atoms with Gasteiger partial charge in [0.2, 0.25) is 0 Å². The molecule has 1 aromatic heterocycles. The summed E-state index contributed by atoms with van der Waals surface area (Å²) in [6.45, 7) is 0. The molecule has 6 heteroatoms. The number of alkyl halides is 3. The van der Waals surface area contributed by atoms with Crippen LogP contribution in [-0.2, 0) is 5.33 Å². The van der Waals surface area contributed by atoms with E-state index in [4.69, 9.17) is 11.6 Å². The van der Waals surface area contributed by atoms with Crippen LogP contribution in [0.3, 0.4) is 0 Å². The van der Waals surface area contributed by atoms with Crippen LogP contribution in [0.4, 0.5) is 8.78 Å². The molecule has 0 bridgehead atoms. The van der Waals surface area contributed by atoms with Gasteiger partial charge < -0.3 is 0 Å². The highest BCUT2D eigenvalue weighted by Crippen LogP contribution is 2.30. The van der Waals surface area contributed by atoms with Crippen molar-refractivity contribution in [3.05, 3.63) is 26.0 Å². The summed E-state index contributed by atoms with van der Waals surface area (Å²) in [6, 6.07) is 0. The molecule has 0 spiro atoms. The van der Waals surface area contributed by atoms with Gasteiger partial charge in [-0.25, -0.2) is 8.78 Å². The largest absolute Gasteiger partial charge is 0.281 e. The molecule has 1 heterocycles. The van der Waals surface area contributed by atoms with E-state index < -0.39 is 6.43 Å². The van der Waals surface area contributed by atoms with Gasteiger partial charge >= 0.3 is 0 Å². The van der Waals surface area contributed by atoms with Crippen molar-refractivity contribution in [1.82, 2.24) is 4.98 Å². The van der Waals surface area contributed by atoms with Gasteiger partial charge in [-0.3, -0.25) is 4.98 Å². The summed E-state index contributed by atoms with van der Waals surface area (Å²) in [4.78, 5) is 3.64. The summed E-state index contributed by atoms with van der Waals surface area (Å²) in [5, 5.41) is 0.862. The van der Waals surface area contributed by atoms with Gasteiger partial charge in [0.25, 0.3) is 6.43 Å². The minimum Gasteiger partial charge on any atom is -0.254 e. The van der Waals surface area contributed by atoms with Gasteiger partial charge in [-0.15, -0.1) is 0 Å². The summed E-state index contributed by atoms with van der Waals surface area (Å²) >= 11 is 10.8. The van der Waals surface area contributed by atoms with Crippen molar-refractivity contribution in [2.75, 3.05) is 0 Å². The molecular weight excluding hydrogens is 378 g/mol. The lowest BCUT2D eigenvalue weighted by Crippen LogP contribution is -1.97. The van der Waals surface area contributed by atoms with Crippen molar-refractivity contribution in [2.45, 2.75) is 11.8 Å². The van der Waals surface area contributed by atoms with Gasteiger partial charge in [-0.05, 0) is 22.6 Å². The van der Waals surface area contributed by atoms with E-state index in [0.717, 1.165) is 5.56 Å². The third-order valence-electron chi connectivity index (χ3n) is 1.41. The molecule has 13 heavy (non-hydrogen) atoms. The molecule has 0 fully saturated rings. The molecule has 0 saturated heterocycles. The number of aromatic nitrogens is 1. The summed E-state index contributed by atoms with van der Waals surface area (Å²) in [5.41, 5.74) is 0.464. The lowest BCUT2D eigenvalue weighted by molar-refractivity contribution is 0.145. The topological polar surface area (TPSA) is 12.9 Å². The van der Waals surface area contributed by atoms with Crippen LogP contribution in [0.2, 0.25) is 5.02 Å². The van der Waals surface area contributed by atoms with Crippen molar-refractivity contribution >= 4 is 50.1 Å². The summed E-state index contributed by atoms with van der Waals surface area (Å²) < 4.78 is 24.9. The lowest BCUT2D eigenvalue weighted by atomic mass is 10.3. The Balaban J connectivity index is 3.23. The molecule has 0 radical (unpaired) electrons. The predicted molar refractivity (Wildman–Crippen MR) is 59.6 cm³/mol. The first-order valence-electron chi connectivity index (χ1n) is 3.24. The van der Waals surface area contributed by atoms with E-state index in [1.165, 1.54) is 6.20 Å². The van der Waals surface area contributed by atoms with E-state index in [1.54, 1.807) is 22.6 Å². The number of rotatable bonds is 2. The van der Waals surface area contributed by atoms with Crippen molar-refractivity contribution in [3.8, 4) is 0 Å². The molecule has 0 unspecified atom stereocenters. The Morgan fingerprint density at radius 3 is 2.69 bits per heavy atom. The second-order valence-electron chi connectivity index (χ2n) is 2.23. The van der Waals surface area contributed by atoms with Gasteiger partial charge in [0.05, 0.1) is 8.59 Å². The molecule has 0 aliphatic rings. The Hall–Kier alpha value is 0.510. The number of hydrogen-bond acceptors (Lipinski definition) is 1. The first-order chi connectivity index (χ1) is 6.07. The third-order valence-corrected chi connectivity index (χ3v) is 3.86. The normalized spacial score (nSPS) is 10.9. The number of pyridine rings is 1. The number of nitrogens with zero attached hydrogens (tertiary/aromatic N) is 1. The maximum absolute atomic E-state index is 12.3. The smallest absolute Gasteiger partial charge is 0.254 e. The highest BCUT2D eigenvalue weighted by Gasteiger charge is 2.17. The minimum atomic E-state index is -2.58.